The first kappa shape index (κ1) is 23.9. The second kappa shape index (κ2) is 10.3. The number of hydrogen-bond donors (Lipinski definition) is 1. The Bertz CT molecular complexity index is 742. The topological polar surface area (TPSA) is 70.6 Å². The molecule has 2 heterocycles. The molecule has 1 atom stereocenters. The summed E-state index contributed by atoms with van der Waals surface area (Å²) in [6, 6.07) is 2.91. The third-order valence-corrected chi connectivity index (χ3v) is 6.39. The van der Waals surface area contributed by atoms with Crippen LogP contribution in [-0.4, -0.2) is 65.6 Å². The predicted octanol–water partition coefficient (Wildman–Crippen LogP) is 3.13. The number of carbonyl (C=O) groups excluding carboxylic acids is 1. The van der Waals surface area contributed by atoms with Crippen LogP contribution in [-0.2, 0) is 21.6 Å². The van der Waals surface area contributed by atoms with E-state index in [1.54, 1.807) is 6.92 Å². The van der Waals surface area contributed by atoms with Crippen molar-refractivity contribution in [2.75, 3.05) is 37.7 Å². The maximum atomic E-state index is 11.2. The zero-order valence-corrected chi connectivity index (χ0v) is 20.3. The summed E-state index contributed by atoms with van der Waals surface area (Å²) in [6.07, 6.45) is 3.49. The van der Waals surface area contributed by atoms with Crippen molar-refractivity contribution in [1.82, 2.24) is 20.2 Å². The van der Waals surface area contributed by atoms with Crippen LogP contribution in [0.15, 0.2) is 6.07 Å². The highest BCUT2D eigenvalue weighted by atomic mass is 16.5. The number of hydrogen-bond acceptors (Lipinski definition) is 6. The van der Waals surface area contributed by atoms with E-state index in [1.165, 1.54) is 6.42 Å². The van der Waals surface area contributed by atoms with Gasteiger partial charge in [0.1, 0.15) is 11.6 Å². The molecule has 7 heteroatoms. The summed E-state index contributed by atoms with van der Waals surface area (Å²) in [5, 5.41) is 3.03. The van der Waals surface area contributed by atoms with E-state index < -0.39 is 0 Å². The molecule has 1 saturated heterocycles. The van der Waals surface area contributed by atoms with Crippen molar-refractivity contribution in [3.63, 3.8) is 0 Å². The van der Waals surface area contributed by atoms with Crippen molar-refractivity contribution in [2.24, 2.45) is 5.92 Å². The highest BCUT2D eigenvalue weighted by Gasteiger charge is 2.31. The van der Waals surface area contributed by atoms with Gasteiger partial charge in [-0.3, -0.25) is 9.69 Å². The van der Waals surface area contributed by atoms with E-state index in [9.17, 15) is 4.79 Å². The van der Waals surface area contributed by atoms with Crippen LogP contribution in [0.2, 0.25) is 0 Å². The molecule has 1 amide bonds. The number of piperazine rings is 1. The summed E-state index contributed by atoms with van der Waals surface area (Å²) in [5.41, 5.74) is 0.866. The van der Waals surface area contributed by atoms with Gasteiger partial charge >= 0.3 is 0 Å². The van der Waals surface area contributed by atoms with Gasteiger partial charge in [-0.2, -0.15) is 0 Å². The van der Waals surface area contributed by atoms with Gasteiger partial charge in [0.25, 0.3) is 0 Å². The second-order valence-electron chi connectivity index (χ2n) is 10.3. The zero-order valence-electron chi connectivity index (χ0n) is 20.3. The minimum atomic E-state index is -0.0973. The first-order valence-corrected chi connectivity index (χ1v) is 11.9. The quantitative estimate of drug-likeness (QED) is 0.682. The van der Waals surface area contributed by atoms with Gasteiger partial charge in [-0.1, -0.05) is 20.8 Å². The van der Waals surface area contributed by atoms with E-state index in [2.05, 4.69) is 48.9 Å². The molecule has 7 nitrogen and oxygen atoms in total. The molecule has 1 aliphatic heterocycles. The van der Waals surface area contributed by atoms with Gasteiger partial charge in [-0.25, -0.2) is 9.97 Å². The van der Waals surface area contributed by atoms with Crippen molar-refractivity contribution < 1.29 is 9.53 Å². The van der Waals surface area contributed by atoms with Crippen molar-refractivity contribution >= 4 is 11.7 Å². The molecule has 0 aromatic carbocycles. The van der Waals surface area contributed by atoms with Gasteiger partial charge in [0.15, 0.2) is 0 Å². The minimum absolute atomic E-state index is 0.0946. The molecule has 3 rings (SSSR count). The number of anilines is 1. The van der Waals surface area contributed by atoms with Crippen LogP contribution in [0.3, 0.4) is 0 Å². The Morgan fingerprint density at radius 3 is 2.61 bits per heavy atom. The number of carbonyl (C=O) groups is 1. The van der Waals surface area contributed by atoms with Gasteiger partial charge in [0.2, 0.25) is 5.91 Å². The fourth-order valence-electron chi connectivity index (χ4n) is 4.56. The van der Waals surface area contributed by atoms with Crippen molar-refractivity contribution in [2.45, 2.75) is 84.9 Å². The SMILES string of the molecule is CCOCc1cc(N2CCN(CCC3CC(NC(C)=O)C3)CC2C)nc(C(C)(C)C)n1. The molecule has 31 heavy (non-hydrogen) atoms. The number of amides is 1. The lowest BCUT2D eigenvalue weighted by atomic mass is 9.78. The molecule has 1 aromatic heterocycles. The Morgan fingerprint density at radius 2 is 2.00 bits per heavy atom. The number of ether oxygens (including phenoxy) is 1. The molecule has 0 spiro atoms. The van der Waals surface area contributed by atoms with Crippen molar-refractivity contribution in [1.29, 1.82) is 0 Å². The fraction of sp³-hybridized carbons (Fsp3) is 0.792. The Kier molecular flexibility index (Phi) is 7.92. The lowest BCUT2D eigenvalue weighted by Gasteiger charge is -2.42. The van der Waals surface area contributed by atoms with E-state index in [0.717, 1.165) is 62.3 Å². The van der Waals surface area contributed by atoms with Crippen LogP contribution in [0.25, 0.3) is 0 Å². The lowest BCUT2D eigenvalue weighted by molar-refractivity contribution is -0.120. The Labute approximate surface area is 188 Å². The molecule has 2 fully saturated rings. The molecule has 2 aliphatic rings. The maximum absolute atomic E-state index is 11.2. The van der Waals surface area contributed by atoms with Gasteiger partial charge in [-0.05, 0) is 45.6 Å². The summed E-state index contributed by atoms with van der Waals surface area (Å²) in [7, 11) is 0. The molecule has 0 radical (unpaired) electrons. The average molecular weight is 432 g/mol. The zero-order chi connectivity index (χ0) is 22.6. The van der Waals surface area contributed by atoms with Crippen molar-refractivity contribution in [3.05, 3.63) is 17.6 Å². The van der Waals surface area contributed by atoms with Crippen LogP contribution in [0.1, 0.15) is 72.3 Å². The standard InChI is InChI=1S/C24H41N5O2/c1-7-31-16-21-14-22(27-23(26-21)24(4,5)6)29-11-10-28(15-17(29)2)9-8-19-12-20(13-19)25-18(3)30/h14,17,19-20H,7-13,15-16H2,1-6H3,(H,25,30). The summed E-state index contributed by atoms with van der Waals surface area (Å²) >= 11 is 0. The first-order valence-electron chi connectivity index (χ1n) is 11.9. The van der Waals surface area contributed by atoms with E-state index in [0.29, 0.717) is 25.3 Å². The lowest BCUT2D eigenvalue weighted by Crippen LogP contribution is -2.53. The smallest absolute Gasteiger partial charge is 0.217 e. The van der Waals surface area contributed by atoms with E-state index in [4.69, 9.17) is 14.7 Å². The normalized spacial score (nSPS) is 24.7. The summed E-state index contributed by atoms with van der Waals surface area (Å²) in [5.74, 6) is 2.76. The molecule has 1 aliphatic carbocycles. The molecule has 1 unspecified atom stereocenters. The number of nitrogens with zero attached hydrogens (tertiary/aromatic N) is 4. The van der Waals surface area contributed by atoms with Crippen LogP contribution in [0.5, 0.6) is 0 Å². The minimum Gasteiger partial charge on any atom is -0.375 e. The molecular formula is C24H41N5O2. The van der Waals surface area contributed by atoms with E-state index in [1.807, 2.05) is 6.92 Å². The number of nitrogens with one attached hydrogen (secondary N) is 1. The molecule has 1 aromatic rings. The monoisotopic (exact) mass is 431 g/mol. The molecule has 174 valence electrons. The number of rotatable bonds is 8. The Hall–Kier alpha value is -1.73. The van der Waals surface area contributed by atoms with Crippen LogP contribution < -0.4 is 10.2 Å². The molecular weight excluding hydrogens is 390 g/mol. The number of aromatic nitrogens is 2. The van der Waals surface area contributed by atoms with Gasteiger partial charge < -0.3 is 15.0 Å². The maximum Gasteiger partial charge on any atom is 0.217 e. The van der Waals surface area contributed by atoms with E-state index >= 15 is 0 Å². The average Bonchev–Trinajstić information content (AvgIpc) is 2.67. The third kappa shape index (κ3) is 6.62. The fourth-order valence-corrected chi connectivity index (χ4v) is 4.56. The van der Waals surface area contributed by atoms with Crippen LogP contribution in [0.4, 0.5) is 5.82 Å². The van der Waals surface area contributed by atoms with Crippen LogP contribution >= 0.6 is 0 Å². The summed E-state index contributed by atoms with van der Waals surface area (Å²) in [4.78, 5) is 25.9. The second-order valence-corrected chi connectivity index (χ2v) is 10.3. The molecule has 1 saturated carbocycles. The highest BCUT2D eigenvalue weighted by molar-refractivity contribution is 5.73. The molecule has 1 N–H and O–H groups in total. The van der Waals surface area contributed by atoms with E-state index in [-0.39, 0.29) is 11.3 Å². The highest BCUT2D eigenvalue weighted by Crippen LogP contribution is 2.31. The van der Waals surface area contributed by atoms with Crippen molar-refractivity contribution in [3.8, 4) is 0 Å². The summed E-state index contributed by atoms with van der Waals surface area (Å²) in [6.45, 7) is 17.8. The summed E-state index contributed by atoms with van der Waals surface area (Å²) < 4.78 is 5.63. The first-order chi connectivity index (χ1) is 14.7. The largest absolute Gasteiger partial charge is 0.375 e. The molecule has 0 bridgehead atoms. The Balaban J connectivity index is 1.56. The van der Waals surface area contributed by atoms with Gasteiger partial charge in [0, 0.05) is 56.7 Å². The van der Waals surface area contributed by atoms with Gasteiger partial charge in [-0.15, -0.1) is 0 Å². The third-order valence-electron chi connectivity index (χ3n) is 6.39. The Morgan fingerprint density at radius 1 is 1.26 bits per heavy atom. The van der Waals surface area contributed by atoms with Gasteiger partial charge in [0.05, 0.1) is 12.3 Å². The van der Waals surface area contributed by atoms with Crippen LogP contribution in [0, 0.1) is 5.92 Å². The predicted molar refractivity (Wildman–Crippen MR) is 124 cm³/mol.